The topological polar surface area (TPSA) is 42.0 Å². The van der Waals surface area contributed by atoms with Crippen molar-refractivity contribution < 1.29 is 4.79 Å². The molecule has 0 saturated carbocycles. The first-order valence-corrected chi connectivity index (χ1v) is 7.68. The van der Waals surface area contributed by atoms with Crippen molar-refractivity contribution in [2.24, 2.45) is 0 Å². The van der Waals surface area contributed by atoms with E-state index in [0.29, 0.717) is 13.0 Å². The number of thiazole rings is 1. The summed E-state index contributed by atoms with van der Waals surface area (Å²) in [6.07, 6.45) is 4.10. The number of carbonyl (C=O) groups excluding carboxylic acids is 1. The highest BCUT2D eigenvalue weighted by atomic mass is 32.1. The van der Waals surface area contributed by atoms with Gasteiger partial charge in [0.15, 0.2) is 0 Å². The molecule has 0 saturated heterocycles. The number of carbonyl (C=O) groups is 1. The Hall–Kier alpha value is -1.68. The molecule has 2 rings (SSSR count). The molecule has 0 aliphatic rings. The van der Waals surface area contributed by atoms with Crippen LogP contribution in [0, 0.1) is 13.8 Å². The van der Waals surface area contributed by atoms with Gasteiger partial charge in [0.25, 0.3) is 0 Å². The number of nitrogens with one attached hydrogen (secondary N) is 1. The average molecular weight is 288 g/mol. The van der Waals surface area contributed by atoms with Crippen LogP contribution in [0.5, 0.6) is 0 Å². The minimum atomic E-state index is 0.118. The van der Waals surface area contributed by atoms with Crippen molar-refractivity contribution in [2.45, 2.75) is 33.1 Å². The number of hydrogen-bond donors (Lipinski definition) is 1. The smallest absolute Gasteiger partial charge is 0.220 e. The van der Waals surface area contributed by atoms with Crippen LogP contribution in [0.1, 0.15) is 27.4 Å². The van der Waals surface area contributed by atoms with E-state index >= 15 is 0 Å². The first-order chi connectivity index (χ1) is 9.63. The van der Waals surface area contributed by atoms with E-state index in [0.717, 1.165) is 17.8 Å². The van der Waals surface area contributed by atoms with Crippen LogP contribution in [-0.4, -0.2) is 17.4 Å². The van der Waals surface area contributed by atoms with E-state index in [2.05, 4.69) is 35.4 Å². The fourth-order valence-corrected chi connectivity index (χ4v) is 2.85. The number of rotatable bonds is 6. The molecule has 1 amide bonds. The van der Waals surface area contributed by atoms with Crippen LogP contribution in [0.3, 0.4) is 0 Å². The predicted molar refractivity (Wildman–Crippen MR) is 83.1 cm³/mol. The van der Waals surface area contributed by atoms with Crippen LogP contribution in [-0.2, 0) is 17.6 Å². The minimum Gasteiger partial charge on any atom is -0.356 e. The third-order valence-corrected chi connectivity index (χ3v) is 4.06. The van der Waals surface area contributed by atoms with E-state index in [-0.39, 0.29) is 5.91 Å². The Balaban J connectivity index is 1.68. The summed E-state index contributed by atoms with van der Waals surface area (Å²) in [4.78, 5) is 17.2. The van der Waals surface area contributed by atoms with Crippen LogP contribution in [0.25, 0.3) is 0 Å². The van der Waals surface area contributed by atoms with Gasteiger partial charge in [-0.15, -0.1) is 11.3 Å². The van der Waals surface area contributed by atoms with Crippen molar-refractivity contribution in [3.63, 3.8) is 0 Å². The van der Waals surface area contributed by atoms with Gasteiger partial charge in [0.05, 0.1) is 5.01 Å². The van der Waals surface area contributed by atoms with E-state index in [4.69, 9.17) is 0 Å². The lowest BCUT2D eigenvalue weighted by Gasteiger charge is -2.05. The maximum absolute atomic E-state index is 11.8. The number of amides is 1. The van der Waals surface area contributed by atoms with E-state index in [9.17, 15) is 4.79 Å². The number of nitrogens with zero attached hydrogens (tertiary/aromatic N) is 1. The van der Waals surface area contributed by atoms with Gasteiger partial charge in [-0.2, -0.15) is 0 Å². The summed E-state index contributed by atoms with van der Waals surface area (Å²) < 4.78 is 0. The number of hydrogen-bond acceptors (Lipinski definition) is 3. The van der Waals surface area contributed by atoms with E-state index in [1.807, 2.05) is 19.2 Å². The molecule has 0 spiro atoms. The lowest BCUT2D eigenvalue weighted by atomic mass is 10.1. The van der Waals surface area contributed by atoms with Gasteiger partial charge < -0.3 is 5.32 Å². The van der Waals surface area contributed by atoms with Crippen molar-refractivity contribution in [1.82, 2.24) is 10.3 Å². The fraction of sp³-hybridized carbons (Fsp3) is 0.375. The summed E-state index contributed by atoms with van der Waals surface area (Å²) in [5.41, 5.74) is 2.46. The van der Waals surface area contributed by atoms with Crippen molar-refractivity contribution in [3.05, 3.63) is 51.5 Å². The molecule has 1 heterocycles. The molecule has 0 aliphatic heterocycles. The van der Waals surface area contributed by atoms with Gasteiger partial charge in [-0.25, -0.2) is 4.98 Å². The average Bonchev–Trinajstić information content (AvgIpc) is 2.82. The molecule has 1 N–H and O–H groups in total. The quantitative estimate of drug-likeness (QED) is 0.887. The molecule has 1 aromatic carbocycles. The molecular weight excluding hydrogens is 268 g/mol. The standard InChI is InChI=1S/C16H20N2OS/c1-12-4-3-5-14(10-12)6-7-16(19)17-9-8-15-11-18-13(2)20-15/h3-5,10-11H,6-9H2,1-2H3,(H,17,19). The van der Waals surface area contributed by atoms with Crippen LogP contribution in [0.2, 0.25) is 0 Å². The summed E-state index contributed by atoms with van der Waals surface area (Å²) in [6.45, 7) is 4.75. The summed E-state index contributed by atoms with van der Waals surface area (Å²) in [7, 11) is 0. The van der Waals surface area contributed by atoms with Crippen molar-refractivity contribution in [3.8, 4) is 0 Å². The molecule has 3 nitrogen and oxygen atoms in total. The normalized spacial score (nSPS) is 10.5. The van der Waals surface area contributed by atoms with Gasteiger partial charge in [-0.3, -0.25) is 4.79 Å². The molecule has 0 atom stereocenters. The largest absolute Gasteiger partial charge is 0.356 e. The molecule has 1 aromatic heterocycles. The first kappa shape index (κ1) is 14.7. The highest BCUT2D eigenvalue weighted by Gasteiger charge is 2.03. The van der Waals surface area contributed by atoms with Crippen molar-refractivity contribution >= 4 is 17.2 Å². The summed E-state index contributed by atoms with van der Waals surface area (Å²) in [5, 5.41) is 4.04. The van der Waals surface area contributed by atoms with Gasteiger partial charge in [0.2, 0.25) is 5.91 Å². The molecule has 0 radical (unpaired) electrons. The Morgan fingerprint density at radius 3 is 2.85 bits per heavy atom. The first-order valence-electron chi connectivity index (χ1n) is 6.87. The minimum absolute atomic E-state index is 0.118. The summed E-state index contributed by atoms with van der Waals surface area (Å²) >= 11 is 1.69. The number of benzene rings is 1. The molecule has 0 aliphatic carbocycles. The van der Waals surface area contributed by atoms with Gasteiger partial charge in [-0.05, 0) is 25.8 Å². The lowest BCUT2D eigenvalue weighted by Crippen LogP contribution is -2.25. The second-order valence-electron chi connectivity index (χ2n) is 4.93. The molecule has 0 unspecified atom stereocenters. The maximum Gasteiger partial charge on any atom is 0.220 e. The zero-order valence-electron chi connectivity index (χ0n) is 12.0. The highest BCUT2D eigenvalue weighted by molar-refractivity contribution is 7.11. The molecule has 2 aromatic rings. The summed E-state index contributed by atoms with van der Waals surface area (Å²) in [6, 6.07) is 8.31. The van der Waals surface area contributed by atoms with E-state index < -0.39 is 0 Å². The molecule has 106 valence electrons. The Labute approximate surface area is 124 Å². The monoisotopic (exact) mass is 288 g/mol. The predicted octanol–water partition coefficient (Wildman–Crippen LogP) is 3.05. The third-order valence-electron chi connectivity index (χ3n) is 3.09. The van der Waals surface area contributed by atoms with Gasteiger partial charge >= 0.3 is 0 Å². The fourth-order valence-electron chi connectivity index (χ4n) is 2.06. The zero-order chi connectivity index (χ0) is 14.4. The molecular formula is C16H20N2OS. The van der Waals surface area contributed by atoms with Crippen LogP contribution in [0.15, 0.2) is 30.5 Å². The Morgan fingerprint density at radius 2 is 2.15 bits per heavy atom. The number of aromatic nitrogens is 1. The van der Waals surface area contributed by atoms with Crippen LogP contribution in [0.4, 0.5) is 0 Å². The van der Waals surface area contributed by atoms with Crippen LogP contribution < -0.4 is 5.32 Å². The number of aryl methyl sites for hydroxylation is 3. The molecule has 4 heteroatoms. The van der Waals surface area contributed by atoms with E-state index in [1.54, 1.807) is 11.3 Å². The zero-order valence-corrected chi connectivity index (χ0v) is 12.8. The second-order valence-corrected chi connectivity index (χ2v) is 6.25. The molecule has 20 heavy (non-hydrogen) atoms. The van der Waals surface area contributed by atoms with Crippen molar-refractivity contribution in [2.75, 3.05) is 6.54 Å². The Bertz CT molecular complexity index is 577. The van der Waals surface area contributed by atoms with Gasteiger partial charge in [0, 0.05) is 30.5 Å². The van der Waals surface area contributed by atoms with Gasteiger partial charge in [-0.1, -0.05) is 29.8 Å². The lowest BCUT2D eigenvalue weighted by molar-refractivity contribution is -0.121. The van der Waals surface area contributed by atoms with Gasteiger partial charge in [0.1, 0.15) is 0 Å². The highest BCUT2D eigenvalue weighted by Crippen LogP contribution is 2.11. The Morgan fingerprint density at radius 1 is 1.30 bits per heavy atom. The van der Waals surface area contributed by atoms with E-state index in [1.165, 1.54) is 16.0 Å². The SMILES string of the molecule is Cc1cccc(CCC(=O)NCCc2cnc(C)s2)c1. The molecule has 0 bridgehead atoms. The second kappa shape index (κ2) is 7.20. The van der Waals surface area contributed by atoms with Crippen LogP contribution >= 0.6 is 11.3 Å². The third kappa shape index (κ3) is 4.78. The summed E-state index contributed by atoms with van der Waals surface area (Å²) in [5.74, 6) is 0.118. The maximum atomic E-state index is 11.8. The van der Waals surface area contributed by atoms with Crippen molar-refractivity contribution in [1.29, 1.82) is 0 Å². The molecule has 0 fully saturated rings. The Kier molecular flexibility index (Phi) is 5.30.